The Bertz CT molecular complexity index is 374. The van der Waals surface area contributed by atoms with Crippen LogP contribution in [-0.2, 0) is 6.42 Å². The molecule has 18 heavy (non-hydrogen) atoms. The van der Waals surface area contributed by atoms with Gasteiger partial charge in [-0.1, -0.05) is 25.8 Å². The van der Waals surface area contributed by atoms with Crippen molar-refractivity contribution in [2.24, 2.45) is 5.73 Å². The maximum Gasteiger partial charge on any atom is 0.0676 e. The van der Waals surface area contributed by atoms with Crippen LogP contribution in [0.5, 0.6) is 0 Å². The van der Waals surface area contributed by atoms with E-state index in [1.165, 1.54) is 24.8 Å². The maximum absolute atomic E-state index is 6.27. The van der Waals surface area contributed by atoms with Crippen molar-refractivity contribution in [3.05, 3.63) is 35.7 Å². The number of nitrogens with two attached hydrogens (primary N) is 1. The van der Waals surface area contributed by atoms with E-state index in [1.807, 2.05) is 13.0 Å². The molecule has 0 aliphatic rings. The SMILES string of the molecule is C=CCCCCCC(N)c1cc(C)nnc1CC. The Hall–Kier alpha value is -1.22. The molecule has 1 heterocycles. The molecule has 100 valence electrons. The van der Waals surface area contributed by atoms with E-state index in [0.717, 1.165) is 30.7 Å². The van der Waals surface area contributed by atoms with Crippen LogP contribution in [0.25, 0.3) is 0 Å². The van der Waals surface area contributed by atoms with Gasteiger partial charge in [-0.05, 0) is 44.2 Å². The van der Waals surface area contributed by atoms with Gasteiger partial charge in [-0.15, -0.1) is 6.58 Å². The summed E-state index contributed by atoms with van der Waals surface area (Å²) >= 11 is 0. The number of rotatable bonds is 8. The molecule has 1 atom stereocenters. The van der Waals surface area contributed by atoms with Crippen molar-refractivity contribution in [2.45, 2.75) is 58.4 Å². The summed E-state index contributed by atoms with van der Waals surface area (Å²) in [4.78, 5) is 0. The smallest absolute Gasteiger partial charge is 0.0676 e. The van der Waals surface area contributed by atoms with E-state index in [1.54, 1.807) is 0 Å². The molecule has 0 spiro atoms. The zero-order valence-corrected chi connectivity index (χ0v) is 11.7. The molecule has 0 bridgehead atoms. The summed E-state index contributed by atoms with van der Waals surface area (Å²) < 4.78 is 0. The van der Waals surface area contributed by atoms with Crippen molar-refractivity contribution in [1.29, 1.82) is 0 Å². The van der Waals surface area contributed by atoms with Crippen LogP contribution in [0.15, 0.2) is 18.7 Å². The number of aromatic nitrogens is 2. The van der Waals surface area contributed by atoms with Crippen LogP contribution >= 0.6 is 0 Å². The molecule has 0 saturated heterocycles. The van der Waals surface area contributed by atoms with Crippen LogP contribution in [-0.4, -0.2) is 10.2 Å². The zero-order chi connectivity index (χ0) is 13.4. The molecule has 3 heteroatoms. The summed E-state index contributed by atoms with van der Waals surface area (Å²) in [5.74, 6) is 0. The van der Waals surface area contributed by atoms with Crippen LogP contribution in [0.4, 0.5) is 0 Å². The highest BCUT2D eigenvalue weighted by molar-refractivity contribution is 5.24. The summed E-state index contributed by atoms with van der Waals surface area (Å²) in [6, 6.07) is 2.18. The van der Waals surface area contributed by atoms with Crippen molar-refractivity contribution in [3.8, 4) is 0 Å². The molecule has 1 aromatic heterocycles. The first-order chi connectivity index (χ1) is 8.69. The molecule has 0 saturated carbocycles. The molecule has 0 radical (unpaired) electrons. The topological polar surface area (TPSA) is 51.8 Å². The van der Waals surface area contributed by atoms with Gasteiger partial charge in [0, 0.05) is 6.04 Å². The average molecular weight is 247 g/mol. The Morgan fingerprint density at radius 1 is 1.33 bits per heavy atom. The van der Waals surface area contributed by atoms with Gasteiger partial charge >= 0.3 is 0 Å². The summed E-state index contributed by atoms with van der Waals surface area (Å²) in [5, 5.41) is 8.33. The fourth-order valence-corrected chi connectivity index (χ4v) is 2.12. The molecule has 0 aromatic carbocycles. The van der Waals surface area contributed by atoms with E-state index in [-0.39, 0.29) is 6.04 Å². The minimum Gasteiger partial charge on any atom is -0.324 e. The van der Waals surface area contributed by atoms with Crippen molar-refractivity contribution in [2.75, 3.05) is 0 Å². The van der Waals surface area contributed by atoms with E-state index in [2.05, 4.69) is 29.8 Å². The van der Waals surface area contributed by atoms with Crippen LogP contribution in [0.2, 0.25) is 0 Å². The highest BCUT2D eigenvalue weighted by Gasteiger charge is 2.12. The first-order valence-corrected chi connectivity index (χ1v) is 6.88. The number of allylic oxidation sites excluding steroid dienone is 1. The molecule has 1 rings (SSSR count). The standard InChI is InChI=1S/C15H25N3/c1-4-6-7-8-9-10-14(16)13-11-12(3)17-18-15(13)5-2/h4,11,14H,1,5-10,16H2,2-3H3. The van der Waals surface area contributed by atoms with Gasteiger partial charge in [0.05, 0.1) is 11.4 Å². The van der Waals surface area contributed by atoms with Gasteiger partial charge in [0.2, 0.25) is 0 Å². The molecular weight excluding hydrogens is 222 g/mol. The van der Waals surface area contributed by atoms with Gasteiger partial charge in [0.15, 0.2) is 0 Å². The van der Waals surface area contributed by atoms with Crippen molar-refractivity contribution >= 4 is 0 Å². The molecule has 0 fully saturated rings. The molecule has 1 unspecified atom stereocenters. The molecule has 2 N–H and O–H groups in total. The number of nitrogens with zero attached hydrogens (tertiary/aromatic N) is 2. The van der Waals surface area contributed by atoms with Crippen LogP contribution in [0.3, 0.4) is 0 Å². The Morgan fingerprint density at radius 2 is 2.11 bits per heavy atom. The predicted octanol–water partition coefficient (Wildman–Crippen LogP) is 3.48. The Labute approximate surface area is 111 Å². The van der Waals surface area contributed by atoms with E-state index in [0.29, 0.717) is 0 Å². The number of hydrogen-bond acceptors (Lipinski definition) is 3. The number of aryl methyl sites for hydroxylation is 2. The largest absolute Gasteiger partial charge is 0.324 e. The van der Waals surface area contributed by atoms with Crippen LogP contribution < -0.4 is 5.73 Å². The molecular formula is C15H25N3. The van der Waals surface area contributed by atoms with E-state index >= 15 is 0 Å². The van der Waals surface area contributed by atoms with Gasteiger partial charge in [0.25, 0.3) is 0 Å². The molecule has 0 amide bonds. The number of unbranched alkanes of at least 4 members (excludes halogenated alkanes) is 3. The van der Waals surface area contributed by atoms with Gasteiger partial charge in [-0.25, -0.2) is 0 Å². The third-order valence-electron chi connectivity index (χ3n) is 3.18. The van der Waals surface area contributed by atoms with Crippen LogP contribution in [0, 0.1) is 6.92 Å². The molecule has 3 nitrogen and oxygen atoms in total. The van der Waals surface area contributed by atoms with E-state index < -0.39 is 0 Å². The normalized spacial score (nSPS) is 12.4. The zero-order valence-electron chi connectivity index (χ0n) is 11.7. The van der Waals surface area contributed by atoms with Gasteiger partial charge in [-0.3, -0.25) is 0 Å². The van der Waals surface area contributed by atoms with E-state index in [9.17, 15) is 0 Å². The van der Waals surface area contributed by atoms with Crippen LogP contribution in [0.1, 0.15) is 62.0 Å². The molecule has 0 aliphatic carbocycles. The predicted molar refractivity (Wildman–Crippen MR) is 76.4 cm³/mol. The lowest BCUT2D eigenvalue weighted by Gasteiger charge is -2.15. The minimum absolute atomic E-state index is 0.0953. The van der Waals surface area contributed by atoms with Gasteiger partial charge < -0.3 is 5.73 Å². The third kappa shape index (κ3) is 4.57. The second-order valence-electron chi connectivity index (χ2n) is 4.77. The number of hydrogen-bond donors (Lipinski definition) is 1. The molecule has 1 aromatic rings. The van der Waals surface area contributed by atoms with Crippen molar-refractivity contribution in [1.82, 2.24) is 10.2 Å². The van der Waals surface area contributed by atoms with Crippen molar-refractivity contribution in [3.63, 3.8) is 0 Å². The maximum atomic E-state index is 6.27. The summed E-state index contributed by atoms with van der Waals surface area (Å²) in [7, 11) is 0. The summed E-state index contributed by atoms with van der Waals surface area (Å²) in [5.41, 5.74) is 9.43. The lowest BCUT2D eigenvalue weighted by molar-refractivity contribution is 0.565. The first-order valence-electron chi connectivity index (χ1n) is 6.88. The fourth-order valence-electron chi connectivity index (χ4n) is 2.12. The Kier molecular flexibility index (Phi) is 6.58. The quantitative estimate of drug-likeness (QED) is 0.565. The minimum atomic E-state index is 0.0953. The average Bonchev–Trinajstić information content (AvgIpc) is 2.38. The first kappa shape index (κ1) is 14.8. The van der Waals surface area contributed by atoms with Gasteiger partial charge in [0.1, 0.15) is 0 Å². The second kappa shape index (κ2) is 7.98. The summed E-state index contributed by atoms with van der Waals surface area (Å²) in [6.07, 6.45) is 8.60. The monoisotopic (exact) mass is 247 g/mol. The molecule has 0 aliphatic heterocycles. The second-order valence-corrected chi connectivity index (χ2v) is 4.77. The Morgan fingerprint density at radius 3 is 2.78 bits per heavy atom. The highest BCUT2D eigenvalue weighted by Crippen LogP contribution is 2.21. The van der Waals surface area contributed by atoms with Crippen molar-refractivity contribution < 1.29 is 0 Å². The van der Waals surface area contributed by atoms with E-state index in [4.69, 9.17) is 5.73 Å². The van der Waals surface area contributed by atoms with Gasteiger partial charge in [-0.2, -0.15) is 10.2 Å². The highest BCUT2D eigenvalue weighted by atomic mass is 15.1. The summed E-state index contributed by atoms with van der Waals surface area (Å²) in [6.45, 7) is 7.80. The lowest BCUT2D eigenvalue weighted by atomic mass is 9.98. The lowest BCUT2D eigenvalue weighted by Crippen LogP contribution is -2.14. The third-order valence-corrected chi connectivity index (χ3v) is 3.18. The fraction of sp³-hybridized carbons (Fsp3) is 0.600. The Balaban J connectivity index is 2.52.